The lowest BCUT2D eigenvalue weighted by Crippen LogP contribution is -2.40. The van der Waals surface area contributed by atoms with Crippen molar-refractivity contribution < 1.29 is 18.7 Å². The first-order valence-electron chi connectivity index (χ1n) is 7.45. The van der Waals surface area contributed by atoms with E-state index in [1.807, 2.05) is 0 Å². The lowest BCUT2D eigenvalue weighted by atomic mass is 10.2. The van der Waals surface area contributed by atoms with Crippen molar-refractivity contribution in [2.75, 3.05) is 19.7 Å². The summed E-state index contributed by atoms with van der Waals surface area (Å²) in [6.07, 6.45) is 1.29. The average molecular weight is 308 g/mol. The molecule has 0 saturated carbocycles. The molecular weight excluding hydrogens is 287 g/mol. The van der Waals surface area contributed by atoms with Crippen LogP contribution >= 0.6 is 0 Å². The van der Waals surface area contributed by atoms with E-state index in [0.717, 1.165) is 18.4 Å². The second kappa shape index (κ2) is 7.89. The van der Waals surface area contributed by atoms with Crippen LogP contribution in [0.3, 0.4) is 0 Å². The molecule has 1 saturated heterocycles. The van der Waals surface area contributed by atoms with Crippen LogP contribution in [0.4, 0.5) is 4.39 Å². The minimum atomic E-state index is -0.358. The summed E-state index contributed by atoms with van der Waals surface area (Å²) < 4.78 is 18.2. The molecule has 0 spiro atoms. The fourth-order valence-corrected chi connectivity index (χ4v) is 2.37. The van der Waals surface area contributed by atoms with Crippen LogP contribution in [0, 0.1) is 5.82 Å². The van der Waals surface area contributed by atoms with Crippen LogP contribution in [-0.2, 0) is 20.9 Å². The lowest BCUT2D eigenvalue weighted by molar-refractivity contribution is -0.132. The van der Waals surface area contributed by atoms with E-state index in [2.05, 4.69) is 5.32 Å². The van der Waals surface area contributed by atoms with Gasteiger partial charge in [0.05, 0.1) is 0 Å². The molecule has 1 aliphatic heterocycles. The van der Waals surface area contributed by atoms with Crippen LogP contribution in [0.5, 0.6) is 0 Å². The van der Waals surface area contributed by atoms with Crippen LogP contribution in [0.25, 0.3) is 0 Å². The molecule has 0 bridgehead atoms. The van der Waals surface area contributed by atoms with Crippen LogP contribution < -0.4 is 5.32 Å². The topological polar surface area (TPSA) is 58.6 Å². The van der Waals surface area contributed by atoms with Crippen LogP contribution in [0.2, 0.25) is 0 Å². The quantitative estimate of drug-likeness (QED) is 0.866. The van der Waals surface area contributed by atoms with Crippen molar-refractivity contribution in [2.45, 2.75) is 32.4 Å². The first-order valence-corrected chi connectivity index (χ1v) is 7.45. The number of halogens is 1. The van der Waals surface area contributed by atoms with Gasteiger partial charge in [-0.05, 0) is 30.5 Å². The molecule has 1 atom stereocenters. The number of rotatable bonds is 6. The summed E-state index contributed by atoms with van der Waals surface area (Å²) in [6, 6.07) is 6.03. The summed E-state index contributed by atoms with van der Waals surface area (Å²) in [7, 11) is 0. The number of ether oxygens (including phenoxy) is 1. The van der Waals surface area contributed by atoms with Gasteiger partial charge < -0.3 is 15.0 Å². The molecule has 0 radical (unpaired) electrons. The molecule has 1 aromatic rings. The fourth-order valence-electron chi connectivity index (χ4n) is 2.37. The highest BCUT2D eigenvalue weighted by molar-refractivity contribution is 5.81. The Bertz CT molecular complexity index is 513. The van der Waals surface area contributed by atoms with Crippen molar-refractivity contribution in [1.29, 1.82) is 0 Å². The van der Waals surface area contributed by atoms with E-state index in [1.54, 1.807) is 17.0 Å². The van der Waals surface area contributed by atoms with Gasteiger partial charge in [0, 0.05) is 33.2 Å². The second-order valence-electron chi connectivity index (χ2n) is 5.36. The molecule has 1 fully saturated rings. The Morgan fingerprint density at radius 3 is 2.68 bits per heavy atom. The number of benzene rings is 1. The second-order valence-corrected chi connectivity index (χ2v) is 5.36. The van der Waals surface area contributed by atoms with Crippen LogP contribution in [0.15, 0.2) is 24.3 Å². The van der Waals surface area contributed by atoms with Gasteiger partial charge in [-0.25, -0.2) is 4.39 Å². The SMILES string of the molecule is CC(=O)N(CCNC(=O)C1CCCO1)Cc1ccc(F)cc1. The summed E-state index contributed by atoms with van der Waals surface area (Å²) in [5.41, 5.74) is 0.849. The zero-order chi connectivity index (χ0) is 15.9. The fraction of sp³-hybridized carbons (Fsp3) is 0.500. The lowest BCUT2D eigenvalue weighted by Gasteiger charge is -2.22. The molecule has 0 aromatic heterocycles. The van der Waals surface area contributed by atoms with Gasteiger partial charge in [-0.3, -0.25) is 9.59 Å². The van der Waals surface area contributed by atoms with Gasteiger partial charge in [0.1, 0.15) is 11.9 Å². The van der Waals surface area contributed by atoms with E-state index >= 15 is 0 Å². The van der Waals surface area contributed by atoms with Gasteiger partial charge in [0.2, 0.25) is 11.8 Å². The largest absolute Gasteiger partial charge is 0.368 e. The summed E-state index contributed by atoms with van der Waals surface area (Å²) in [5.74, 6) is -0.513. The Morgan fingerprint density at radius 2 is 2.09 bits per heavy atom. The van der Waals surface area contributed by atoms with E-state index in [-0.39, 0.29) is 23.7 Å². The molecule has 1 aromatic carbocycles. The molecule has 0 aliphatic carbocycles. The summed E-state index contributed by atoms with van der Waals surface area (Å²) in [6.45, 7) is 3.28. The van der Waals surface area contributed by atoms with Gasteiger partial charge >= 0.3 is 0 Å². The minimum absolute atomic E-state index is 0.0873. The van der Waals surface area contributed by atoms with Crippen molar-refractivity contribution in [1.82, 2.24) is 10.2 Å². The van der Waals surface area contributed by atoms with Gasteiger partial charge in [-0.2, -0.15) is 0 Å². The third-order valence-electron chi connectivity index (χ3n) is 3.64. The monoisotopic (exact) mass is 308 g/mol. The number of hydrogen-bond acceptors (Lipinski definition) is 3. The van der Waals surface area contributed by atoms with Crippen molar-refractivity contribution in [3.05, 3.63) is 35.6 Å². The molecule has 22 heavy (non-hydrogen) atoms. The van der Waals surface area contributed by atoms with Gasteiger partial charge in [-0.1, -0.05) is 12.1 Å². The number of carbonyl (C=O) groups excluding carboxylic acids is 2. The molecule has 6 heteroatoms. The zero-order valence-corrected chi connectivity index (χ0v) is 12.7. The molecule has 120 valence electrons. The Balaban J connectivity index is 1.80. The predicted octanol–water partition coefficient (Wildman–Crippen LogP) is 1.47. The van der Waals surface area contributed by atoms with Crippen molar-refractivity contribution in [3.8, 4) is 0 Å². The van der Waals surface area contributed by atoms with Crippen molar-refractivity contribution >= 4 is 11.8 Å². The maximum atomic E-state index is 12.9. The van der Waals surface area contributed by atoms with E-state index in [0.29, 0.717) is 26.2 Å². The normalized spacial score (nSPS) is 17.3. The predicted molar refractivity (Wildman–Crippen MR) is 79.5 cm³/mol. The number of hydrogen-bond donors (Lipinski definition) is 1. The number of carbonyl (C=O) groups is 2. The smallest absolute Gasteiger partial charge is 0.249 e. The van der Waals surface area contributed by atoms with E-state index in [9.17, 15) is 14.0 Å². The molecule has 5 nitrogen and oxygen atoms in total. The summed E-state index contributed by atoms with van der Waals surface area (Å²) in [5, 5.41) is 2.79. The zero-order valence-electron chi connectivity index (χ0n) is 12.7. The Kier molecular flexibility index (Phi) is 5.89. The maximum Gasteiger partial charge on any atom is 0.249 e. The highest BCUT2D eigenvalue weighted by Crippen LogP contribution is 2.11. The first kappa shape index (κ1) is 16.4. The molecule has 1 heterocycles. The van der Waals surface area contributed by atoms with E-state index in [1.165, 1.54) is 19.1 Å². The molecule has 1 unspecified atom stereocenters. The molecule has 1 aliphatic rings. The standard InChI is InChI=1S/C16H21FN2O3/c1-12(20)19(11-13-4-6-14(17)7-5-13)9-8-18-16(21)15-3-2-10-22-15/h4-7,15H,2-3,8-11H2,1H3,(H,18,21). The number of amides is 2. The molecular formula is C16H21FN2O3. The summed E-state index contributed by atoms with van der Waals surface area (Å²) in [4.78, 5) is 25.1. The van der Waals surface area contributed by atoms with Crippen LogP contribution in [0.1, 0.15) is 25.3 Å². The number of nitrogens with zero attached hydrogens (tertiary/aromatic N) is 1. The first-order chi connectivity index (χ1) is 10.6. The molecule has 1 N–H and O–H groups in total. The van der Waals surface area contributed by atoms with Gasteiger partial charge in [0.15, 0.2) is 0 Å². The minimum Gasteiger partial charge on any atom is -0.368 e. The highest BCUT2D eigenvalue weighted by atomic mass is 19.1. The van der Waals surface area contributed by atoms with E-state index in [4.69, 9.17) is 4.74 Å². The van der Waals surface area contributed by atoms with Crippen LogP contribution in [-0.4, -0.2) is 42.5 Å². The molecule has 2 amide bonds. The maximum absolute atomic E-state index is 12.9. The number of nitrogens with one attached hydrogen (secondary N) is 1. The Morgan fingerprint density at radius 1 is 1.36 bits per heavy atom. The third-order valence-corrected chi connectivity index (χ3v) is 3.64. The summed E-state index contributed by atoms with van der Waals surface area (Å²) >= 11 is 0. The molecule has 2 rings (SSSR count). The highest BCUT2D eigenvalue weighted by Gasteiger charge is 2.23. The average Bonchev–Trinajstić information content (AvgIpc) is 3.02. The van der Waals surface area contributed by atoms with E-state index < -0.39 is 0 Å². The van der Waals surface area contributed by atoms with Crippen molar-refractivity contribution in [2.24, 2.45) is 0 Å². The Labute approximate surface area is 129 Å². The van der Waals surface area contributed by atoms with Gasteiger partial charge in [0.25, 0.3) is 0 Å². The Hall–Kier alpha value is -1.95. The van der Waals surface area contributed by atoms with Gasteiger partial charge in [-0.15, -0.1) is 0 Å². The van der Waals surface area contributed by atoms with Crippen molar-refractivity contribution in [3.63, 3.8) is 0 Å². The third kappa shape index (κ3) is 4.80.